The van der Waals surface area contributed by atoms with E-state index in [0.717, 1.165) is 0 Å². The minimum Gasteiger partial charge on any atom is -0.500 e. The Kier molecular flexibility index (Phi) is 2.93. The fourth-order valence-corrected chi connectivity index (χ4v) is 2.68. The highest BCUT2D eigenvalue weighted by Gasteiger charge is 2.63. The fraction of sp³-hybridized carbons (Fsp3) is 0.0625. The summed E-state index contributed by atoms with van der Waals surface area (Å²) < 4.78 is -1.65. The van der Waals surface area contributed by atoms with Crippen LogP contribution in [0.5, 0.6) is 0 Å². The van der Waals surface area contributed by atoms with E-state index in [2.05, 4.69) is 0 Å². The summed E-state index contributed by atoms with van der Waals surface area (Å²) in [6.07, 6.45) is 0. The Morgan fingerprint density at radius 1 is 0.955 bits per heavy atom. The molecule has 0 aliphatic carbocycles. The lowest BCUT2D eigenvalue weighted by Gasteiger charge is -2.40. The molecule has 4 N–H and O–H groups in total. The number of hydrogen-bond donors (Lipinski definition) is 4. The van der Waals surface area contributed by atoms with Gasteiger partial charge in [-0.15, -0.1) is 0 Å². The number of nitriles is 1. The van der Waals surface area contributed by atoms with E-state index in [1.165, 1.54) is 24.3 Å². The normalized spacial score (nSPS) is 27.1. The molecular weight excluding hydrogens is 284 g/mol. The van der Waals surface area contributed by atoms with Crippen LogP contribution in [0.25, 0.3) is 5.76 Å². The molecule has 2 unspecified atom stereocenters. The number of hydrogen-bond acceptors (Lipinski definition) is 5. The predicted molar refractivity (Wildman–Crippen MR) is 78.2 cm³/mol. The lowest BCUT2D eigenvalue weighted by atomic mass is 9.90. The van der Waals surface area contributed by atoms with Crippen LogP contribution in [0.4, 0.5) is 5.69 Å². The fourth-order valence-electron chi connectivity index (χ4n) is 2.68. The van der Waals surface area contributed by atoms with Gasteiger partial charge in [-0.05, 0) is 10.7 Å². The summed E-state index contributed by atoms with van der Waals surface area (Å²) in [5.41, 5.74) is -2.39. The molecular formula is C16H13N2O4+. The smallest absolute Gasteiger partial charge is 0.375 e. The van der Waals surface area contributed by atoms with Gasteiger partial charge >= 0.3 is 11.6 Å². The number of fused-ring (bicyclic) bond motifs is 1. The number of aliphatic hydroxyl groups excluding tert-OH is 2. The van der Waals surface area contributed by atoms with E-state index in [4.69, 9.17) is 0 Å². The second-order valence-corrected chi connectivity index (χ2v) is 4.97. The third kappa shape index (κ3) is 1.53. The minimum atomic E-state index is -2.51. The van der Waals surface area contributed by atoms with Crippen molar-refractivity contribution in [2.24, 2.45) is 0 Å². The van der Waals surface area contributed by atoms with Gasteiger partial charge in [-0.2, -0.15) is 10.5 Å². The molecule has 2 aromatic rings. The zero-order valence-electron chi connectivity index (χ0n) is 11.4. The average molecular weight is 297 g/mol. The molecule has 110 valence electrons. The van der Waals surface area contributed by atoms with Gasteiger partial charge in [0, 0.05) is 17.7 Å². The van der Waals surface area contributed by atoms with E-state index in [-0.39, 0.29) is 16.8 Å². The summed E-state index contributed by atoms with van der Waals surface area (Å²) >= 11 is 0. The topological polar surface area (TPSA) is 105 Å². The molecule has 1 heterocycles. The van der Waals surface area contributed by atoms with Crippen molar-refractivity contribution >= 4 is 11.4 Å². The van der Waals surface area contributed by atoms with Crippen LogP contribution in [0, 0.1) is 11.3 Å². The SMILES string of the molecule is N#CC1(O)c2ccccc2C(O)=C(O)[N+]1(O)c1ccccc1. The molecule has 0 spiro atoms. The molecule has 22 heavy (non-hydrogen) atoms. The summed E-state index contributed by atoms with van der Waals surface area (Å²) in [6.45, 7) is 0. The Hall–Kier alpha value is -2.85. The van der Waals surface area contributed by atoms with Crippen LogP contribution in [0.15, 0.2) is 60.5 Å². The van der Waals surface area contributed by atoms with E-state index in [0.29, 0.717) is 0 Å². The number of quaternary nitrogens is 1. The van der Waals surface area contributed by atoms with E-state index >= 15 is 0 Å². The van der Waals surface area contributed by atoms with E-state index in [1.807, 2.05) is 0 Å². The molecule has 0 fully saturated rings. The lowest BCUT2D eigenvalue weighted by molar-refractivity contribution is -0.228. The van der Waals surface area contributed by atoms with Gasteiger partial charge in [0.15, 0.2) is 11.8 Å². The minimum absolute atomic E-state index is 0.000784. The Balaban J connectivity index is 2.42. The Labute approximate surface area is 126 Å². The highest BCUT2D eigenvalue weighted by molar-refractivity contribution is 5.72. The maximum absolute atomic E-state index is 10.9. The number of para-hydroxylation sites is 1. The van der Waals surface area contributed by atoms with Gasteiger partial charge in [-0.1, -0.05) is 36.4 Å². The molecule has 0 amide bonds. The quantitative estimate of drug-likeness (QED) is 0.478. The molecule has 0 saturated heterocycles. The van der Waals surface area contributed by atoms with E-state index < -0.39 is 22.0 Å². The highest BCUT2D eigenvalue weighted by Crippen LogP contribution is 2.47. The summed E-state index contributed by atoms with van der Waals surface area (Å²) in [5, 5.41) is 51.8. The monoisotopic (exact) mass is 297 g/mol. The Morgan fingerprint density at radius 2 is 1.55 bits per heavy atom. The third-order valence-electron chi connectivity index (χ3n) is 3.83. The van der Waals surface area contributed by atoms with E-state index in [9.17, 15) is 25.8 Å². The Bertz CT molecular complexity index is 812. The maximum Gasteiger partial charge on any atom is 0.375 e. The summed E-state index contributed by atoms with van der Waals surface area (Å²) in [7, 11) is 0. The van der Waals surface area contributed by atoms with Crippen LogP contribution in [-0.4, -0.2) is 20.5 Å². The molecule has 0 aromatic heterocycles. The maximum atomic E-state index is 10.9. The number of aliphatic hydroxyl groups is 3. The molecule has 2 atom stereocenters. The van der Waals surface area contributed by atoms with Crippen LogP contribution < -0.4 is 4.65 Å². The zero-order chi connectivity index (χ0) is 16.0. The lowest BCUT2D eigenvalue weighted by Crippen LogP contribution is -2.62. The molecule has 0 radical (unpaired) electrons. The van der Waals surface area contributed by atoms with Crippen LogP contribution in [0.2, 0.25) is 0 Å². The molecule has 3 rings (SSSR count). The summed E-state index contributed by atoms with van der Waals surface area (Å²) in [5.74, 6) is -1.52. The first-order valence-corrected chi connectivity index (χ1v) is 6.50. The summed E-state index contributed by atoms with van der Waals surface area (Å²) in [4.78, 5) is 0. The number of benzene rings is 2. The number of rotatable bonds is 1. The molecule has 6 heteroatoms. The van der Waals surface area contributed by atoms with E-state index in [1.54, 1.807) is 36.4 Å². The highest BCUT2D eigenvalue weighted by atomic mass is 16.6. The molecule has 1 aliphatic rings. The largest absolute Gasteiger partial charge is 0.500 e. The van der Waals surface area contributed by atoms with Gasteiger partial charge in [0.25, 0.3) is 0 Å². The van der Waals surface area contributed by atoms with Crippen molar-refractivity contribution in [3.05, 3.63) is 71.6 Å². The van der Waals surface area contributed by atoms with Gasteiger partial charge in [-0.25, -0.2) is 0 Å². The zero-order valence-corrected chi connectivity index (χ0v) is 11.4. The van der Waals surface area contributed by atoms with Crippen LogP contribution in [0.3, 0.4) is 0 Å². The number of hydroxylamine groups is 2. The summed E-state index contributed by atoms with van der Waals surface area (Å²) in [6, 6.07) is 15.3. The van der Waals surface area contributed by atoms with Crippen molar-refractivity contribution in [3.8, 4) is 6.07 Å². The van der Waals surface area contributed by atoms with Gasteiger partial charge in [0.05, 0.1) is 5.56 Å². The first-order chi connectivity index (χ1) is 10.5. The number of nitrogens with zero attached hydrogens (tertiary/aromatic N) is 2. The van der Waals surface area contributed by atoms with Crippen molar-refractivity contribution in [1.82, 2.24) is 4.65 Å². The van der Waals surface area contributed by atoms with Crippen molar-refractivity contribution < 1.29 is 20.5 Å². The first kappa shape index (κ1) is 14.1. The molecule has 0 bridgehead atoms. The molecule has 0 saturated carbocycles. The standard InChI is InChI=1S/C16H12N2O4/c17-10-16(21)13-9-5-4-8-12(13)14(19)15(20)18(16,22)11-6-2-1-3-7-11/h1-9,21-22H,(H-,19,20)/p+1. The molecule has 1 aliphatic heterocycles. The predicted octanol–water partition coefficient (Wildman–Crippen LogP) is 2.51. The molecule has 2 aromatic carbocycles. The third-order valence-corrected chi connectivity index (χ3v) is 3.83. The van der Waals surface area contributed by atoms with Crippen molar-refractivity contribution in [2.75, 3.05) is 0 Å². The Morgan fingerprint density at radius 3 is 2.18 bits per heavy atom. The van der Waals surface area contributed by atoms with Crippen LogP contribution >= 0.6 is 0 Å². The van der Waals surface area contributed by atoms with Gasteiger partial charge in [0.1, 0.15) is 0 Å². The van der Waals surface area contributed by atoms with Crippen LogP contribution in [-0.2, 0) is 5.72 Å². The van der Waals surface area contributed by atoms with Gasteiger partial charge in [-0.3, -0.25) is 0 Å². The van der Waals surface area contributed by atoms with Crippen molar-refractivity contribution in [1.29, 1.82) is 5.26 Å². The molecule has 6 nitrogen and oxygen atoms in total. The van der Waals surface area contributed by atoms with Gasteiger partial charge in [0.2, 0.25) is 5.76 Å². The van der Waals surface area contributed by atoms with Gasteiger partial charge < -0.3 is 15.3 Å². The van der Waals surface area contributed by atoms with Crippen molar-refractivity contribution in [3.63, 3.8) is 0 Å². The second kappa shape index (κ2) is 4.58. The van der Waals surface area contributed by atoms with Crippen molar-refractivity contribution in [2.45, 2.75) is 5.72 Å². The van der Waals surface area contributed by atoms with Crippen LogP contribution in [0.1, 0.15) is 11.1 Å². The second-order valence-electron chi connectivity index (χ2n) is 4.97. The first-order valence-electron chi connectivity index (χ1n) is 6.50. The average Bonchev–Trinajstić information content (AvgIpc) is 2.58.